The van der Waals surface area contributed by atoms with Crippen LogP contribution in [-0.4, -0.2) is 22.8 Å². The Morgan fingerprint density at radius 2 is 1.91 bits per heavy atom. The molecule has 7 heteroatoms. The van der Waals surface area contributed by atoms with Gasteiger partial charge in [-0.25, -0.2) is 4.98 Å². The number of alkyl halides is 3. The topological polar surface area (TPSA) is 71.5 Å². The summed E-state index contributed by atoms with van der Waals surface area (Å²) < 4.78 is 38.3. The highest BCUT2D eigenvalue weighted by Crippen LogP contribution is 2.38. The second-order valence-electron chi connectivity index (χ2n) is 5.12. The van der Waals surface area contributed by atoms with Crippen molar-refractivity contribution in [3.05, 3.63) is 41.0 Å². The lowest BCUT2D eigenvalue weighted by atomic mass is 9.99. The molecule has 0 atom stereocenters. The summed E-state index contributed by atoms with van der Waals surface area (Å²) in [5.41, 5.74) is 7.09. The Labute approximate surface area is 131 Å². The number of aryl methyl sites for hydroxylation is 1. The van der Waals surface area contributed by atoms with E-state index in [0.29, 0.717) is 23.0 Å². The van der Waals surface area contributed by atoms with Crippen LogP contribution in [0.4, 0.5) is 19.0 Å². The highest BCUT2D eigenvalue weighted by Gasteiger charge is 2.32. The number of hydrogen-bond donors (Lipinski definition) is 2. The number of pyridine rings is 1. The molecule has 0 aliphatic carbocycles. The monoisotopic (exact) mass is 323 g/mol. The summed E-state index contributed by atoms with van der Waals surface area (Å²) >= 11 is 0. The van der Waals surface area contributed by atoms with Gasteiger partial charge in [0.05, 0.1) is 11.3 Å². The minimum absolute atomic E-state index is 0.198. The molecule has 0 fully saturated rings. The molecule has 4 nitrogen and oxygen atoms in total. The van der Waals surface area contributed by atoms with Crippen molar-refractivity contribution < 1.29 is 18.3 Å². The Morgan fingerprint density at radius 1 is 1.26 bits per heavy atom. The Kier molecular flexibility index (Phi) is 4.31. The average Bonchev–Trinajstić information content (AvgIpc) is 2.45. The fourth-order valence-electron chi connectivity index (χ4n) is 2.31. The number of hydrogen-bond acceptors (Lipinski definition) is 4. The van der Waals surface area contributed by atoms with Crippen LogP contribution >= 0.6 is 0 Å². The van der Waals surface area contributed by atoms with Gasteiger partial charge in [0, 0.05) is 23.9 Å². The SMILES string of the molecule is CN=C(C)c1ccc(-c2c(C)cc(C(F)(F)F)cc2O)nc1N. The molecule has 0 saturated heterocycles. The van der Waals surface area contributed by atoms with Gasteiger partial charge in [0.2, 0.25) is 0 Å². The number of aromatic hydroxyl groups is 1. The Morgan fingerprint density at radius 3 is 2.39 bits per heavy atom. The van der Waals surface area contributed by atoms with Crippen LogP contribution in [0.2, 0.25) is 0 Å². The van der Waals surface area contributed by atoms with Crippen molar-refractivity contribution >= 4 is 11.5 Å². The fourth-order valence-corrected chi connectivity index (χ4v) is 2.31. The van der Waals surface area contributed by atoms with Crippen molar-refractivity contribution in [1.29, 1.82) is 0 Å². The number of phenols is 1. The molecule has 122 valence electrons. The second kappa shape index (κ2) is 5.91. The van der Waals surface area contributed by atoms with Crippen LogP contribution in [0.25, 0.3) is 11.3 Å². The van der Waals surface area contributed by atoms with Gasteiger partial charge in [-0.2, -0.15) is 13.2 Å². The average molecular weight is 323 g/mol. The zero-order chi connectivity index (χ0) is 17.4. The van der Waals surface area contributed by atoms with E-state index < -0.39 is 17.5 Å². The van der Waals surface area contributed by atoms with Gasteiger partial charge in [-0.05, 0) is 43.7 Å². The van der Waals surface area contributed by atoms with Crippen molar-refractivity contribution in [2.45, 2.75) is 20.0 Å². The summed E-state index contributed by atoms with van der Waals surface area (Å²) in [6.07, 6.45) is -4.52. The lowest BCUT2D eigenvalue weighted by Crippen LogP contribution is -2.07. The van der Waals surface area contributed by atoms with Gasteiger partial charge in [0.1, 0.15) is 11.6 Å². The first kappa shape index (κ1) is 16.8. The molecule has 2 rings (SSSR count). The molecule has 1 aromatic carbocycles. The summed E-state index contributed by atoms with van der Waals surface area (Å²) in [6, 6.07) is 4.93. The number of aromatic nitrogens is 1. The van der Waals surface area contributed by atoms with Crippen LogP contribution in [0.15, 0.2) is 29.3 Å². The zero-order valence-electron chi connectivity index (χ0n) is 12.9. The van der Waals surface area contributed by atoms with Crippen molar-refractivity contribution in [2.75, 3.05) is 12.8 Å². The molecule has 0 unspecified atom stereocenters. The minimum Gasteiger partial charge on any atom is -0.507 e. The van der Waals surface area contributed by atoms with E-state index in [9.17, 15) is 18.3 Å². The number of anilines is 1. The first-order valence-electron chi connectivity index (χ1n) is 6.76. The molecule has 1 aromatic heterocycles. The van der Waals surface area contributed by atoms with E-state index in [0.717, 1.165) is 6.07 Å². The van der Waals surface area contributed by atoms with Crippen molar-refractivity contribution in [3.8, 4) is 17.0 Å². The summed E-state index contributed by atoms with van der Waals surface area (Å²) in [7, 11) is 1.62. The largest absolute Gasteiger partial charge is 0.507 e. The van der Waals surface area contributed by atoms with Crippen LogP contribution < -0.4 is 5.73 Å². The second-order valence-corrected chi connectivity index (χ2v) is 5.12. The fraction of sp³-hybridized carbons (Fsp3) is 0.250. The van der Waals surface area contributed by atoms with Crippen LogP contribution in [-0.2, 0) is 6.18 Å². The molecule has 0 saturated carbocycles. The number of rotatable bonds is 2. The van der Waals surface area contributed by atoms with E-state index >= 15 is 0 Å². The molecular formula is C16H16F3N3O. The van der Waals surface area contributed by atoms with Crippen molar-refractivity contribution in [2.24, 2.45) is 4.99 Å². The van der Waals surface area contributed by atoms with Gasteiger partial charge < -0.3 is 10.8 Å². The predicted molar refractivity (Wildman–Crippen MR) is 83.6 cm³/mol. The van der Waals surface area contributed by atoms with Gasteiger partial charge in [-0.1, -0.05) is 0 Å². The standard InChI is InChI=1S/C16H16F3N3O/c1-8-6-10(16(17,18)19)7-13(23)14(8)12-5-4-11(9(2)21-3)15(20)22-12/h4-7,23H,1-3H3,(H2,20,22). The highest BCUT2D eigenvalue weighted by atomic mass is 19.4. The normalized spacial score (nSPS) is 12.5. The quantitative estimate of drug-likeness (QED) is 0.826. The molecule has 0 radical (unpaired) electrons. The first-order valence-corrected chi connectivity index (χ1v) is 6.76. The zero-order valence-corrected chi connectivity index (χ0v) is 12.9. The van der Waals surface area contributed by atoms with E-state index in [1.54, 1.807) is 26.1 Å². The smallest absolute Gasteiger partial charge is 0.416 e. The van der Waals surface area contributed by atoms with E-state index in [1.807, 2.05) is 0 Å². The minimum atomic E-state index is -4.52. The third-order valence-electron chi connectivity index (χ3n) is 3.55. The van der Waals surface area contributed by atoms with Crippen molar-refractivity contribution in [1.82, 2.24) is 4.98 Å². The van der Waals surface area contributed by atoms with Gasteiger partial charge >= 0.3 is 6.18 Å². The number of phenolic OH excluding ortho intramolecular Hbond substituents is 1. The maximum Gasteiger partial charge on any atom is 0.416 e. The number of halogens is 3. The highest BCUT2D eigenvalue weighted by molar-refractivity contribution is 6.02. The Balaban J connectivity index is 2.58. The van der Waals surface area contributed by atoms with Gasteiger partial charge in [0.25, 0.3) is 0 Å². The number of nitrogens with zero attached hydrogens (tertiary/aromatic N) is 2. The summed E-state index contributed by atoms with van der Waals surface area (Å²) in [5.74, 6) is -0.290. The summed E-state index contributed by atoms with van der Waals surface area (Å²) in [6.45, 7) is 3.25. The molecule has 0 aliphatic rings. The molecule has 0 spiro atoms. The van der Waals surface area contributed by atoms with E-state index in [4.69, 9.17) is 5.73 Å². The summed E-state index contributed by atoms with van der Waals surface area (Å²) in [4.78, 5) is 8.20. The van der Waals surface area contributed by atoms with Crippen LogP contribution in [0.1, 0.15) is 23.6 Å². The maximum atomic E-state index is 12.8. The maximum absolute atomic E-state index is 12.8. The molecule has 3 N–H and O–H groups in total. The molecule has 1 heterocycles. The van der Waals surface area contributed by atoms with Gasteiger partial charge in [-0.3, -0.25) is 4.99 Å². The van der Waals surface area contributed by atoms with Crippen molar-refractivity contribution in [3.63, 3.8) is 0 Å². The third-order valence-corrected chi connectivity index (χ3v) is 3.55. The number of aliphatic imine (C=N–C) groups is 1. The van der Waals surface area contributed by atoms with Crippen LogP contribution in [0.5, 0.6) is 5.75 Å². The number of benzene rings is 1. The van der Waals surface area contributed by atoms with Crippen LogP contribution in [0, 0.1) is 6.92 Å². The molecule has 23 heavy (non-hydrogen) atoms. The van der Waals surface area contributed by atoms with E-state index in [-0.39, 0.29) is 16.9 Å². The molecule has 0 bridgehead atoms. The van der Waals surface area contributed by atoms with E-state index in [2.05, 4.69) is 9.98 Å². The third kappa shape index (κ3) is 3.28. The lowest BCUT2D eigenvalue weighted by molar-refractivity contribution is -0.137. The predicted octanol–water partition coefficient (Wildman–Crippen LogP) is 3.80. The van der Waals surface area contributed by atoms with Crippen LogP contribution in [0.3, 0.4) is 0 Å². The lowest BCUT2D eigenvalue weighted by Gasteiger charge is -2.14. The number of nitrogens with two attached hydrogens (primary N) is 1. The first-order chi connectivity index (χ1) is 10.6. The van der Waals surface area contributed by atoms with Gasteiger partial charge in [-0.15, -0.1) is 0 Å². The summed E-state index contributed by atoms with van der Waals surface area (Å²) in [5, 5.41) is 10.00. The number of nitrogen functional groups attached to an aromatic ring is 1. The Bertz CT molecular complexity index is 760. The Hall–Kier alpha value is -2.57. The molecular weight excluding hydrogens is 307 g/mol. The van der Waals surface area contributed by atoms with E-state index in [1.165, 1.54) is 6.92 Å². The molecule has 0 aliphatic heterocycles. The molecule has 0 amide bonds. The van der Waals surface area contributed by atoms with Gasteiger partial charge in [0.15, 0.2) is 0 Å². The molecule has 2 aromatic rings.